The molecule has 0 aliphatic carbocycles. The average Bonchev–Trinajstić information content (AvgIpc) is 2.37. The summed E-state index contributed by atoms with van der Waals surface area (Å²) >= 11 is 5.98. The van der Waals surface area contributed by atoms with Crippen molar-refractivity contribution >= 4 is 17.7 Å². The smallest absolute Gasteiger partial charge is 0.407 e. The maximum Gasteiger partial charge on any atom is 0.410 e. The number of hydrogen-bond acceptors (Lipinski definition) is 3. The normalized spacial score (nSPS) is 10.4. The van der Waals surface area contributed by atoms with E-state index < -0.39 is 23.5 Å². The number of nitrogens with two attached hydrogens (primary N) is 1. The number of ether oxygens (including phenoxy) is 1. The van der Waals surface area contributed by atoms with Crippen molar-refractivity contribution in [3.8, 4) is 16.9 Å². The van der Waals surface area contributed by atoms with E-state index in [1.807, 2.05) is 0 Å². The summed E-state index contributed by atoms with van der Waals surface area (Å²) in [6.07, 6.45) is 0.228. The van der Waals surface area contributed by atoms with Gasteiger partial charge in [-0.05, 0) is 25.1 Å². The predicted molar refractivity (Wildman–Crippen MR) is 69.5 cm³/mol. The van der Waals surface area contributed by atoms with Crippen LogP contribution in [-0.4, -0.2) is 11.1 Å². The maximum absolute atomic E-state index is 14.1. The van der Waals surface area contributed by atoms with Gasteiger partial charge in [0.25, 0.3) is 0 Å². The van der Waals surface area contributed by atoms with Gasteiger partial charge in [-0.15, -0.1) is 0 Å². The molecule has 7 heteroatoms. The van der Waals surface area contributed by atoms with Gasteiger partial charge in [-0.1, -0.05) is 11.6 Å². The molecule has 0 unspecified atom stereocenters. The van der Waals surface area contributed by atoms with E-state index in [9.17, 15) is 13.6 Å². The zero-order valence-electron chi connectivity index (χ0n) is 10.3. The Labute approximate surface area is 118 Å². The molecule has 0 spiro atoms. The first-order valence-electron chi connectivity index (χ1n) is 5.48. The Bertz CT molecular complexity index is 672. The summed E-state index contributed by atoms with van der Waals surface area (Å²) in [7, 11) is 0. The lowest BCUT2D eigenvalue weighted by molar-refractivity contribution is 0.208. The molecule has 2 N–H and O–H groups in total. The van der Waals surface area contributed by atoms with E-state index in [0.717, 1.165) is 6.07 Å². The minimum absolute atomic E-state index is 0.0741. The number of aryl methyl sites for hydroxylation is 1. The monoisotopic (exact) mass is 298 g/mol. The molecule has 0 radical (unpaired) electrons. The summed E-state index contributed by atoms with van der Waals surface area (Å²) in [5, 5.41) is 0.236. The first-order valence-corrected chi connectivity index (χ1v) is 5.86. The van der Waals surface area contributed by atoms with Crippen molar-refractivity contribution in [2.45, 2.75) is 6.92 Å². The van der Waals surface area contributed by atoms with Crippen LogP contribution >= 0.6 is 11.6 Å². The van der Waals surface area contributed by atoms with Gasteiger partial charge in [-0.3, -0.25) is 4.98 Å². The molecule has 4 nitrogen and oxygen atoms in total. The number of carbonyl (C=O) groups is 1. The number of amides is 1. The fourth-order valence-corrected chi connectivity index (χ4v) is 2.07. The molecular formula is C13H9ClF2N2O2. The number of hydrogen-bond donors (Lipinski definition) is 1. The number of carbonyl (C=O) groups excluding carboxylic acids is 1. The van der Waals surface area contributed by atoms with E-state index in [2.05, 4.69) is 9.72 Å². The lowest BCUT2D eigenvalue weighted by atomic mass is 10.0. The van der Waals surface area contributed by atoms with Gasteiger partial charge in [0.05, 0.1) is 5.02 Å². The van der Waals surface area contributed by atoms with Crippen LogP contribution in [0, 0.1) is 18.6 Å². The largest absolute Gasteiger partial charge is 0.410 e. The molecule has 1 heterocycles. The van der Waals surface area contributed by atoms with Crippen LogP contribution in [0.5, 0.6) is 5.75 Å². The highest BCUT2D eigenvalue weighted by Crippen LogP contribution is 2.35. The minimum Gasteiger partial charge on any atom is -0.407 e. The summed E-state index contributed by atoms with van der Waals surface area (Å²) in [5.74, 6) is -3.10. The van der Waals surface area contributed by atoms with Gasteiger partial charge in [0, 0.05) is 23.0 Å². The molecule has 1 aromatic heterocycles. The molecule has 0 bridgehead atoms. The minimum atomic E-state index is -1.32. The fraction of sp³-hybridized carbons (Fsp3) is 0.0769. The Kier molecular flexibility index (Phi) is 3.85. The van der Waals surface area contributed by atoms with Gasteiger partial charge >= 0.3 is 6.09 Å². The summed E-state index contributed by atoms with van der Waals surface area (Å²) < 4.78 is 32.2. The number of benzene rings is 1. The third-order valence-corrected chi connectivity index (χ3v) is 2.93. The third-order valence-electron chi connectivity index (χ3n) is 2.62. The van der Waals surface area contributed by atoms with Gasteiger partial charge in [0.2, 0.25) is 5.82 Å². The van der Waals surface area contributed by atoms with Crippen LogP contribution in [0.1, 0.15) is 5.69 Å². The molecule has 1 aromatic carbocycles. The predicted octanol–water partition coefficient (Wildman–Crippen LogP) is 3.45. The van der Waals surface area contributed by atoms with Crippen LogP contribution in [0.15, 0.2) is 24.4 Å². The second kappa shape index (κ2) is 5.42. The van der Waals surface area contributed by atoms with E-state index in [0.29, 0.717) is 5.69 Å². The van der Waals surface area contributed by atoms with Gasteiger partial charge < -0.3 is 10.5 Å². The molecule has 0 saturated heterocycles. The highest BCUT2D eigenvalue weighted by Gasteiger charge is 2.20. The summed E-state index contributed by atoms with van der Waals surface area (Å²) in [4.78, 5) is 14.6. The Balaban J connectivity index is 2.60. The topological polar surface area (TPSA) is 65.2 Å². The summed E-state index contributed by atoms with van der Waals surface area (Å²) in [6, 6.07) is 3.81. The highest BCUT2D eigenvalue weighted by molar-refractivity contribution is 6.33. The Morgan fingerprint density at radius 1 is 1.30 bits per heavy atom. The number of nitrogens with zero attached hydrogens (tertiary/aromatic N) is 1. The van der Waals surface area contributed by atoms with Crippen molar-refractivity contribution in [1.29, 1.82) is 0 Å². The zero-order valence-corrected chi connectivity index (χ0v) is 11.0. The molecule has 1 amide bonds. The van der Waals surface area contributed by atoms with E-state index in [1.54, 1.807) is 6.92 Å². The lowest BCUT2D eigenvalue weighted by Gasteiger charge is -2.11. The van der Waals surface area contributed by atoms with Crippen LogP contribution in [0.2, 0.25) is 5.02 Å². The molecule has 2 aromatic rings. The molecule has 0 fully saturated rings. The number of halogens is 3. The Morgan fingerprint density at radius 3 is 2.60 bits per heavy atom. The molecule has 0 aliphatic heterocycles. The van der Waals surface area contributed by atoms with Crippen LogP contribution in [0.4, 0.5) is 13.6 Å². The quantitative estimate of drug-likeness (QED) is 0.923. The number of aromatic nitrogens is 1. The Morgan fingerprint density at radius 2 is 2.00 bits per heavy atom. The van der Waals surface area contributed by atoms with Gasteiger partial charge in [-0.25, -0.2) is 9.18 Å². The summed E-state index contributed by atoms with van der Waals surface area (Å²) in [6.45, 7) is 1.62. The van der Waals surface area contributed by atoms with Gasteiger partial charge in [-0.2, -0.15) is 4.39 Å². The molecule has 2 rings (SSSR count). The second-order valence-electron chi connectivity index (χ2n) is 3.91. The maximum atomic E-state index is 14.1. The van der Waals surface area contributed by atoms with Gasteiger partial charge in [0.1, 0.15) is 0 Å². The number of pyridine rings is 1. The van der Waals surface area contributed by atoms with Crippen LogP contribution < -0.4 is 10.5 Å². The van der Waals surface area contributed by atoms with Crippen molar-refractivity contribution in [1.82, 2.24) is 4.98 Å². The van der Waals surface area contributed by atoms with E-state index in [4.69, 9.17) is 17.3 Å². The molecule has 0 atom stereocenters. The highest BCUT2D eigenvalue weighted by atomic mass is 35.5. The van der Waals surface area contributed by atoms with Crippen molar-refractivity contribution in [2.75, 3.05) is 0 Å². The molecule has 104 valence electrons. The molecular weight excluding hydrogens is 290 g/mol. The van der Waals surface area contributed by atoms with Crippen LogP contribution in [0.25, 0.3) is 11.1 Å². The second-order valence-corrected chi connectivity index (χ2v) is 4.32. The SMILES string of the molecule is Cc1nccc(Cl)c1-c1ccc(OC(N)=O)c(F)c1F. The number of rotatable bonds is 2. The van der Waals surface area contributed by atoms with Crippen molar-refractivity contribution in [3.63, 3.8) is 0 Å². The molecule has 0 saturated carbocycles. The first kappa shape index (κ1) is 14.2. The lowest BCUT2D eigenvalue weighted by Crippen LogP contribution is -2.17. The van der Waals surface area contributed by atoms with Crippen LogP contribution in [-0.2, 0) is 0 Å². The summed E-state index contributed by atoms with van der Waals surface area (Å²) in [5.41, 5.74) is 5.40. The van der Waals surface area contributed by atoms with Gasteiger partial charge in [0.15, 0.2) is 11.6 Å². The standard InChI is InChI=1S/C13H9ClF2N2O2/c1-6-10(8(14)4-5-18-6)7-2-3-9(20-13(17)19)12(16)11(7)15/h2-5H,1H3,(H2,17,19). The zero-order chi connectivity index (χ0) is 14.9. The van der Waals surface area contributed by atoms with E-state index >= 15 is 0 Å². The van der Waals surface area contributed by atoms with Crippen LogP contribution in [0.3, 0.4) is 0 Å². The average molecular weight is 299 g/mol. The Hall–Kier alpha value is -2.21. The number of primary amides is 1. The molecule has 0 aliphatic rings. The first-order chi connectivity index (χ1) is 9.41. The van der Waals surface area contributed by atoms with E-state index in [-0.39, 0.29) is 16.1 Å². The van der Waals surface area contributed by atoms with E-state index in [1.165, 1.54) is 18.3 Å². The van der Waals surface area contributed by atoms with Crippen molar-refractivity contribution < 1.29 is 18.3 Å². The fourth-order valence-electron chi connectivity index (χ4n) is 1.77. The third kappa shape index (κ3) is 2.55. The van der Waals surface area contributed by atoms with Crippen molar-refractivity contribution in [3.05, 3.63) is 46.7 Å². The van der Waals surface area contributed by atoms with Crippen molar-refractivity contribution in [2.24, 2.45) is 5.73 Å². The molecule has 20 heavy (non-hydrogen) atoms.